The van der Waals surface area contributed by atoms with Crippen LogP contribution < -0.4 is 10.6 Å². The molecule has 0 aromatic carbocycles. The summed E-state index contributed by atoms with van der Waals surface area (Å²) in [5.41, 5.74) is 0. The molecule has 3 nitrogen and oxygen atoms in total. The van der Waals surface area contributed by atoms with Crippen molar-refractivity contribution < 1.29 is 4.74 Å². The van der Waals surface area contributed by atoms with Gasteiger partial charge in [-0.3, -0.25) is 0 Å². The lowest BCUT2D eigenvalue weighted by Gasteiger charge is -2.21. The highest BCUT2D eigenvalue weighted by atomic mass is 32.2. The van der Waals surface area contributed by atoms with Crippen LogP contribution in [-0.4, -0.2) is 42.9 Å². The zero-order valence-corrected chi connectivity index (χ0v) is 11.6. The minimum atomic E-state index is 0.252. The molecule has 5 heteroatoms. The second kappa shape index (κ2) is 9.24. The van der Waals surface area contributed by atoms with Gasteiger partial charge in [-0.25, -0.2) is 0 Å². The fraction of sp³-hybridized carbons (Fsp3) is 0.900. The summed E-state index contributed by atoms with van der Waals surface area (Å²) in [6, 6.07) is 0.705. The summed E-state index contributed by atoms with van der Waals surface area (Å²) in [6.07, 6.45) is 3.19. The summed E-state index contributed by atoms with van der Waals surface area (Å²) in [5, 5.41) is 7.21. The molecule has 90 valence electrons. The van der Waals surface area contributed by atoms with E-state index in [0.29, 0.717) is 12.6 Å². The van der Waals surface area contributed by atoms with E-state index in [-0.39, 0.29) is 6.04 Å². The average Bonchev–Trinajstić information content (AvgIpc) is 2.17. The van der Waals surface area contributed by atoms with Crippen molar-refractivity contribution >= 4 is 29.1 Å². The molecule has 0 aromatic heterocycles. The largest absolute Gasteiger partial charge is 0.383 e. The maximum absolute atomic E-state index is 5.21. The third-order valence-corrected chi connectivity index (χ3v) is 2.96. The van der Waals surface area contributed by atoms with E-state index < -0.39 is 0 Å². The molecule has 0 radical (unpaired) electrons. The van der Waals surface area contributed by atoms with Crippen LogP contribution >= 0.6 is 24.0 Å². The third kappa shape index (κ3) is 7.88. The Hall–Kier alpha value is -0.0000000000000000486. The van der Waals surface area contributed by atoms with Crippen molar-refractivity contribution in [3.63, 3.8) is 0 Å². The highest BCUT2D eigenvalue weighted by Crippen LogP contribution is 2.00. The number of hydrogen-bond acceptors (Lipinski definition) is 3. The third-order valence-electron chi connectivity index (χ3n) is 1.99. The lowest BCUT2D eigenvalue weighted by atomic mass is 10.3. The van der Waals surface area contributed by atoms with E-state index in [1.807, 2.05) is 18.7 Å². The Morgan fingerprint density at radius 1 is 1.47 bits per heavy atom. The molecule has 2 N–H and O–H groups in total. The molecular formula is C10H22N2OS2. The van der Waals surface area contributed by atoms with E-state index in [9.17, 15) is 0 Å². The second-order valence-electron chi connectivity index (χ2n) is 3.53. The Balaban J connectivity index is 3.79. The Labute approximate surface area is 103 Å². The quantitative estimate of drug-likeness (QED) is 0.671. The van der Waals surface area contributed by atoms with E-state index in [1.165, 1.54) is 0 Å². The standard InChI is InChI=1S/C10H22N2OS2/c1-5-9(7-15-4)12-10(14)11-8(2)6-13-3/h8-9H,5-7H2,1-4H3,(H2,11,12,14). The van der Waals surface area contributed by atoms with Crippen molar-refractivity contribution in [2.24, 2.45) is 0 Å². The Morgan fingerprint density at radius 2 is 2.13 bits per heavy atom. The van der Waals surface area contributed by atoms with Gasteiger partial charge in [0.15, 0.2) is 5.11 Å². The molecule has 0 rings (SSSR count). The average molecular weight is 250 g/mol. The van der Waals surface area contributed by atoms with Crippen molar-refractivity contribution in [2.45, 2.75) is 32.4 Å². The van der Waals surface area contributed by atoms with Gasteiger partial charge in [0.1, 0.15) is 0 Å². The number of hydrogen-bond donors (Lipinski definition) is 2. The number of thioether (sulfide) groups is 1. The maximum Gasteiger partial charge on any atom is 0.166 e. The molecule has 0 saturated heterocycles. The molecule has 0 saturated carbocycles. The fourth-order valence-electron chi connectivity index (χ4n) is 1.21. The molecule has 2 unspecified atom stereocenters. The van der Waals surface area contributed by atoms with E-state index in [0.717, 1.165) is 17.3 Å². The highest BCUT2D eigenvalue weighted by molar-refractivity contribution is 7.98. The zero-order chi connectivity index (χ0) is 11.7. The predicted molar refractivity (Wildman–Crippen MR) is 72.7 cm³/mol. The first-order chi connectivity index (χ1) is 7.13. The second-order valence-corrected chi connectivity index (χ2v) is 4.85. The van der Waals surface area contributed by atoms with Crippen LogP contribution in [0.1, 0.15) is 20.3 Å². The molecule has 0 heterocycles. The van der Waals surface area contributed by atoms with Crippen LogP contribution in [0, 0.1) is 0 Å². The Kier molecular flexibility index (Phi) is 9.24. The summed E-state index contributed by atoms with van der Waals surface area (Å²) in [6.45, 7) is 4.88. The molecule has 0 amide bonds. The summed E-state index contributed by atoms with van der Waals surface area (Å²) < 4.78 is 5.03. The van der Waals surface area contributed by atoms with Gasteiger partial charge >= 0.3 is 0 Å². The van der Waals surface area contributed by atoms with Gasteiger partial charge in [-0.15, -0.1) is 0 Å². The number of methoxy groups -OCH3 is 1. The molecule has 0 fully saturated rings. The summed E-state index contributed by atoms with van der Waals surface area (Å²) in [7, 11) is 1.69. The minimum absolute atomic E-state index is 0.252. The normalized spacial score (nSPS) is 14.4. The van der Waals surface area contributed by atoms with Gasteiger partial charge in [0.05, 0.1) is 6.61 Å². The van der Waals surface area contributed by atoms with Gasteiger partial charge in [0.25, 0.3) is 0 Å². The Morgan fingerprint density at radius 3 is 2.60 bits per heavy atom. The van der Waals surface area contributed by atoms with Gasteiger partial charge in [-0.1, -0.05) is 6.92 Å². The molecule has 2 atom stereocenters. The number of nitrogens with one attached hydrogen (secondary N) is 2. The summed E-state index contributed by atoms with van der Waals surface area (Å²) in [5.74, 6) is 1.08. The highest BCUT2D eigenvalue weighted by Gasteiger charge is 2.08. The molecular weight excluding hydrogens is 228 g/mol. The lowest BCUT2D eigenvalue weighted by molar-refractivity contribution is 0.179. The van der Waals surface area contributed by atoms with Crippen LogP contribution in [0.5, 0.6) is 0 Å². The maximum atomic E-state index is 5.21. The van der Waals surface area contributed by atoms with Gasteiger partial charge in [0.2, 0.25) is 0 Å². The SMILES string of the molecule is CCC(CSC)NC(=S)NC(C)COC. The van der Waals surface area contributed by atoms with E-state index in [1.54, 1.807) is 7.11 Å². The van der Waals surface area contributed by atoms with Crippen LogP contribution in [0.15, 0.2) is 0 Å². The predicted octanol–water partition coefficient (Wildman–Crippen LogP) is 1.63. The summed E-state index contributed by atoms with van der Waals surface area (Å²) >= 11 is 7.04. The van der Waals surface area contributed by atoms with Crippen molar-refractivity contribution in [3.05, 3.63) is 0 Å². The van der Waals surface area contributed by atoms with Gasteiger partial charge in [0, 0.05) is 24.9 Å². The van der Waals surface area contributed by atoms with Crippen LogP contribution in [0.25, 0.3) is 0 Å². The van der Waals surface area contributed by atoms with E-state index >= 15 is 0 Å². The first-order valence-electron chi connectivity index (χ1n) is 5.18. The van der Waals surface area contributed by atoms with Crippen molar-refractivity contribution in [2.75, 3.05) is 25.7 Å². The molecule has 0 aromatic rings. The molecule has 15 heavy (non-hydrogen) atoms. The first kappa shape index (κ1) is 15.0. The van der Waals surface area contributed by atoms with E-state index in [4.69, 9.17) is 17.0 Å². The number of ether oxygens (including phenoxy) is 1. The Bertz CT molecular complexity index is 179. The molecule has 0 aliphatic rings. The van der Waals surface area contributed by atoms with Crippen LogP contribution in [0.4, 0.5) is 0 Å². The van der Waals surface area contributed by atoms with Crippen LogP contribution in [0.3, 0.4) is 0 Å². The number of thiocarbonyl (C=S) groups is 1. The van der Waals surface area contributed by atoms with Gasteiger partial charge < -0.3 is 15.4 Å². The molecule has 0 aliphatic heterocycles. The first-order valence-corrected chi connectivity index (χ1v) is 6.99. The number of rotatable bonds is 7. The van der Waals surface area contributed by atoms with Crippen molar-refractivity contribution in [1.29, 1.82) is 0 Å². The van der Waals surface area contributed by atoms with Gasteiger partial charge in [-0.2, -0.15) is 11.8 Å². The molecule has 0 spiro atoms. The minimum Gasteiger partial charge on any atom is -0.383 e. The van der Waals surface area contributed by atoms with Crippen molar-refractivity contribution in [3.8, 4) is 0 Å². The molecule has 0 bridgehead atoms. The van der Waals surface area contributed by atoms with Crippen LogP contribution in [0.2, 0.25) is 0 Å². The van der Waals surface area contributed by atoms with Gasteiger partial charge in [-0.05, 0) is 31.8 Å². The van der Waals surface area contributed by atoms with Crippen LogP contribution in [-0.2, 0) is 4.74 Å². The van der Waals surface area contributed by atoms with E-state index in [2.05, 4.69) is 23.8 Å². The van der Waals surface area contributed by atoms with Crippen molar-refractivity contribution in [1.82, 2.24) is 10.6 Å². The monoisotopic (exact) mass is 250 g/mol. The smallest absolute Gasteiger partial charge is 0.166 e. The summed E-state index contributed by atoms with van der Waals surface area (Å²) in [4.78, 5) is 0. The fourth-order valence-corrected chi connectivity index (χ4v) is 2.29. The zero-order valence-electron chi connectivity index (χ0n) is 10.0. The lowest BCUT2D eigenvalue weighted by Crippen LogP contribution is -2.47. The molecule has 0 aliphatic carbocycles. The topological polar surface area (TPSA) is 33.3 Å².